The van der Waals surface area contributed by atoms with E-state index in [1.165, 1.54) is 11.6 Å². The van der Waals surface area contributed by atoms with E-state index < -0.39 is 0 Å². The Labute approximate surface area is 110 Å². The number of aryl methyl sites for hydroxylation is 2. The van der Waals surface area contributed by atoms with Crippen molar-refractivity contribution in [1.29, 1.82) is 0 Å². The first-order chi connectivity index (χ1) is 8.99. The third-order valence-electron chi connectivity index (χ3n) is 2.92. The largest absolute Gasteiger partial charge is 0.330 e. The monoisotopic (exact) mass is 263 g/mol. The number of aromatic nitrogens is 4. The van der Waals surface area contributed by atoms with E-state index in [9.17, 15) is 9.59 Å². The van der Waals surface area contributed by atoms with Crippen LogP contribution in [0.25, 0.3) is 0 Å². The number of hydrogen-bond donors (Lipinski definition) is 1. The van der Waals surface area contributed by atoms with E-state index in [4.69, 9.17) is 0 Å². The molecule has 0 atom stereocenters. The predicted octanol–water partition coefficient (Wildman–Crippen LogP) is -0.893. The van der Waals surface area contributed by atoms with Crippen LogP contribution in [0.15, 0.2) is 28.2 Å². The van der Waals surface area contributed by atoms with Gasteiger partial charge in [0.25, 0.3) is 5.56 Å². The Morgan fingerprint density at radius 2 is 1.89 bits per heavy atom. The van der Waals surface area contributed by atoms with Gasteiger partial charge in [0.15, 0.2) is 0 Å². The average molecular weight is 263 g/mol. The van der Waals surface area contributed by atoms with Gasteiger partial charge in [-0.15, -0.1) is 0 Å². The zero-order chi connectivity index (χ0) is 14.0. The third kappa shape index (κ3) is 2.82. The molecular formula is C12H17N5O2. The van der Waals surface area contributed by atoms with Gasteiger partial charge >= 0.3 is 5.69 Å². The number of nitrogens with one attached hydrogen (secondary N) is 1. The fraction of sp³-hybridized carbons (Fsp3) is 0.417. The molecule has 0 saturated heterocycles. The number of nitrogens with zero attached hydrogens (tertiary/aromatic N) is 4. The van der Waals surface area contributed by atoms with E-state index in [1.807, 2.05) is 13.2 Å². The van der Waals surface area contributed by atoms with Crippen LogP contribution in [-0.2, 0) is 34.2 Å². The summed E-state index contributed by atoms with van der Waals surface area (Å²) in [7, 11) is 4.97. The van der Waals surface area contributed by atoms with E-state index in [-0.39, 0.29) is 11.2 Å². The highest BCUT2D eigenvalue weighted by Gasteiger charge is 2.06. The lowest BCUT2D eigenvalue weighted by Gasteiger charge is -2.07. The van der Waals surface area contributed by atoms with Crippen molar-refractivity contribution in [3.05, 3.63) is 50.6 Å². The molecule has 0 fully saturated rings. The summed E-state index contributed by atoms with van der Waals surface area (Å²) >= 11 is 0. The van der Waals surface area contributed by atoms with Crippen molar-refractivity contribution in [3.63, 3.8) is 0 Å². The van der Waals surface area contributed by atoms with Crippen LogP contribution in [0.2, 0.25) is 0 Å². The molecule has 0 spiro atoms. The van der Waals surface area contributed by atoms with Gasteiger partial charge in [0.1, 0.15) is 0 Å². The lowest BCUT2D eigenvalue weighted by atomic mass is 10.3. The first-order valence-corrected chi connectivity index (χ1v) is 5.93. The molecule has 0 bridgehead atoms. The van der Waals surface area contributed by atoms with Crippen molar-refractivity contribution in [2.24, 2.45) is 21.1 Å². The molecule has 19 heavy (non-hydrogen) atoms. The fourth-order valence-electron chi connectivity index (χ4n) is 1.91. The van der Waals surface area contributed by atoms with E-state index in [0.29, 0.717) is 18.7 Å². The summed E-state index contributed by atoms with van der Waals surface area (Å²) in [5.41, 5.74) is 1.03. The van der Waals surface area contributed by atoms with Crippen LogP contribution in [0.4, 0.5) is 0 Å². The first-order valence-electron chi connectivity index (χ1n) is 5.93. The Kier molecular flexibility index (Phi) is 3.66. The standard InChI is InChI=1S/C12H17N5O2/c1-15-8-10(11(18)17(3)12(15)19)6-13-4-9-5-14-16(2)7-9/h5,7-8,13H,4,6H2,1-3H3. The number of hydrogen-bond acceptors (Lipinski definition) is 4. The zero-order valence-corrected chi connectivity index (χ0v) is 11.3. The summed E-state index contributed by atoms with van der Waals surface area (Å²) in [6, 6.07) is 0. The summed E-state index contributed by atoms with van der Waals surface area (Å²) in [4.78, 5) is 23.4. The summed E-state index contributed by atoms with van der Waals surface area (Å²) in [6.07, 6.45) is 5.25. The van der Waals surface area contributed by atoms with Crippen molar-refractivity contribution in [2.45, 2.75) is 13.1 Å². The van der Waals surface area contributed by atoms with Crippen LogP contribution in [0.5, 0.6) is 0 Å². The van der Waals surface area contributed by atoms with Gasteiger partial charge in [0, 0.05) is 57.8 Å². The van der Waals surface area contributed by atoms with E-state index in [1.54, 1.807) is 24.1 Å². The molecule has 0 unspecified atom stereocenters. The molecule has 2 rings (SSSR count). The molecule has 1 N–H and O–H groups in total. The van der Waals surface area contributed by atoms with Crippen LogP contribution in [0, 0.1) is 0 Å². The van der Waals surface area contributed by atoms with Gasteiger partial charge in [-0.05, 0) is 0 Å². The fourth-order valence-corrected chi connectivity index (χ4v) is 1.91. The predicted molar refractivity (Wildman–Crippen MR) is 70.7 cm³/mol. The second kappa shape index (κ2) is 5.23. The van der Waals surface area contributed by atoms with Crippen LogP contribution in [-0.4, -0.2) is 18.9 Å². The Bertz CT molecular complexity index is 695. The molecule has 7 heteroatoms. The van der Waals surface area contributed by atoms with Gasteiger partial charge < -0.3 is 9.88 Å². The van der Waals surface area contributed by atoms with E-state index >= 15 is 0 Å². The Morgan fingerprint density at radius 1 is 1.16 bits per heavy atom. The zero-order valence-electron chi connectivity index (χ0n) is 11.3. The van der Waals surface area contributed by atoms with Gasteiger partial charge in [0.05, 0.1) is 6.20 Å². The smallest absolute Gasteiger partial charge is 0.308 e. The molecule has 2 heterocycles. The second-order valence-electron chi connectivity index (χ2n) is 4.54. The van der Waals surface area contributed by atoms with Crippen LogP contribution in [0.1, 0.15) is 11.1 Å². The van der Waals surface area contributed by atoms with Crippen molar-refractivity contribution in [3.8, 4) is 0 Å². The Balaban J connectivity index is 2.08. The van der Waals surface area contributed by atoms with Crippen molar-refractivity contribution in [1.82, 2.24) is 24.2 Å². The van der Waals surface area contributed by atoms with E-state index in [2.05, 4.69) is 10.4 Å². The molecule has 2 aromatic heterocycles. The molecule has 2 aromatic rings. The van der Waals surface area contributed by atoms with Crippen LogP contribution in [0.3, 0.4) is 0 Å². The molecule has 7 nitrogen and oxygen atoms in total. The molecule has 0 saturated carbocycles. The summed E-state index contributed by atoms with van der Waals surface area (Å²) in [5.74, 6) is 0. The highest BCUT2D eigenvalue weighted by molar-refractivity contribution is 5.07. The Morgan fingerprint density at radius 3 is 2.53 bits per heavy atom. The first kappa shape index (κ1) is 13.3. The summed E-state index contributed by atoms with van der Waals surface area (Å²) in [5, 5.41) is 7.23. The molecule has 0 aliphatic heterocycles. The molecular weight excluding hydrogens is 246 g/mol. The highest BCUT2D eigenvalue weighted by Crippen LogP contribution is 1.96. The quantitative estimate of drug-likeness (QED) is 0.776. The van der Waals surface area contributed by atoms with Gasteiger partial charge in [-0.2, -0.15) is 5.10 Å². The topological polar surface area (TPSA) is 73.8 Å². The maximum atomic E-state index is 11.9. The molecule has 0 radical (unpaired) electrons. The van der Waals surface area contributed by atoms with Gasteiger partial charge in [0.2, 0.25) is 0 Å². The maximum Gasteiger partial charge on any atom is 0.330 e. The average Bonchev–Trinajstić information content (AvgIpc) is 2.79. The van der Waals surface area contributed by atoms with Crippen LogP contribution >= 0.6 is 0 Å². The second-order valence-corrected chi connectivity index (χ2v) is 4.54. The molecule has 0 aliphatic carbocycles. The minimum atomic E-state index is -0.319. The Hall–Kier alpha value is -2.15. The number of rotatable bonds is 4. The van der Waals surface area contributed by atoms with Gasteiger partial charge in [-0.1, -0.05) is 0 Å². The lowest BCUT2D eigenvalue weighted by molar-refractivity contribution is 0.630. The minimum absolute atomic E-state index is 0.262. The highest BCUT2D eigenvalue weighted by atomic mass is 16.2. The maximum absolute atomic E-state index is 11.9. The lowest BCUT2D eigenvalue weighted by Crippen LogP contribution is -2.39. The molecule has 0 amide bonds. The summed E-state index contributed by atoms with van der Waals surface area (Å²) < 4.78 is 4.24. The molecule has 0 aliphatic rings. The minimum Gasteiger partial charge on any atom is -0.308 e. The van der Waals surface area contributed by atoms with Crippen molar-refractivity contribution >= 4 is 0 Å². The van der Waals surface area contributed by atoms with E-state index in [0.717, 1.165) is 10.1 Å². The molecule has 102 valence electrons. The summed E-state index contributed by atoms with van der Waals surface area (Å²) in [6.45, 7) is 1.04. The van der Waals surface area contributed by atoms with Crippen molar-refractivity contribution < 1.29 is 0 Å². The normalized spacial score (nSPS) is 10.9. The molecule has 0 aromatic carbocycles. The van der Waals surface area contributed by atoms with Crippen molar-refractivity contribution in [2.75, 3.05) is 0 Å². The van der Waals surface area contributed by atoms with Gasteiger partial charge in [-0.25, -0.2) is 4.79 Å². The third-order valence-corrected chi connectivity index (χ3v) is 2.92. The SMILES string of the molecule is Cn1cc(CNCc2cn(C)c(=O)n(C)c2=O)cn1. The van der Waals surface area contributed by atoms with Crippen LogP contribution < -0.4 is 16.6 Å². The van der Waals surface area contributed by atoms with Gasteiger partial charge in [-0.3, -0.25) is 14.0 Å².